The van der Waals surface area contributed by atoms with Crippen LogP contribution in [0.1, 0.15) is 15.9 Å². The highest BCUT2D eigenvalue weighted by Crippen LogP contribution is 2.28. The van der Waals surface area contributed by atoms with E-state index in [1.54, 1.807) is 12.1 Å². The molecule has 128 valence electrons. The molecule has 0 bridgehead atoms. The van der Waals surface area contributed by atoms with E-state index in [0.717, 1.165) is 0 Å². The third kappa shape index (κ3) is 4.64. The molecule has 0 aliphatic heterocycles. The minimum Gasteiger partial charge on any atom is -0.507 e. The minimum absolute atomic E-state index is 0.0509. The Morgan fingerprint density at radius 1 is 1.25 bits per heavy atom. The topological polar surface area (TPSA) is 49.8 Å². The lowest BCUT2D eigenvalue weighted by Gasteiger charge is -2.20. The van der Waals surface area contributed by atoms with Gasteiger partial charge in [0.25, 0.3) is 5.91 Å². The van der Waals surface area contributed by atoms with Gasteiger partial charge in [0.2, 0.25) is 0 Å². The van der Waals surface area contributed by atoms with Crippen molar-refractivity contribution in [1.29, 1.82) is 0 Å². The van der Waals surface area contributed by atoms with Gasteiger partial charge >= 0.3 is 6.36 Å². The second kappa shape index (κ2) is 7.12. The van der Waals surface area contributed by atoms with E-state index < -0.39 is 12.3 Å². The van der Waals surface area contributed by atoms with Crippen LogP contribution in [0.25, 0.3) is 0 Å². The summed E-state index contributed by atoms with van der Waals surface area (Å²) in [7, 11) is 1.42. The summed E-state index contributed by atoms with van der Waals surface area (Å²) >= 11 is 3.17. The molecule has 0 unspecified atom stereocenters. The van der Waals surface area contributed by atoms with Crippen molar-refractivity contribution in [2.75, 3.05) is 7.05 Å². The molecule has 0 aliphatic rings. The van der Waals surface area contributed by atoms with E-state index in [0.29, 0.717) is 4.47 Å². The maximum atomic E-state index is 12.4. The summed E-state index contributed by atoms with van der Waals surface area (Å²) in [6, 6.07) is 9.95. The maximum Gasteiger partial charge on any atom is 0.573 e. The largest absolute Gasteiger partial charge is 0.573 e. The molecular formula is C16H13BrF3NO3. The van der Waals surface area contributed by atoms with Crippen LogP contribution in [0.15, 0.2) is 46.9 Å². The molecule has 2 aromatic rings. The van der Waals surface area contributed by atoms with Crippen molar-refractivity contribution in [2.45, 2.75) is 12.9 Å². The molecule has 1 N–H and O–H groups in total. The van der Waals surface area contributed by atoms with Gasteiger partial charge in [0, 0.05) is 23.6 Å². The van der Waals surface area contributed by atoms with Crippen molar-refractivity contribution < 1.29 is 27.8 Å². The predicted octanol–water partition coefficient (Wildman–Crippen LogP) is 4.33. The number of phenols is 1. The highest BCUT2D eigenvalue weighted by atomic mass is 79.9. The zero-order valence-electron chi connectivity index (χ0n) is 12.5. The first-order valence-corrected chi connectivity index (χ1v) is 7.54. The normalized spacial score (nSPS) is 11.2. The van der Waals surface area contributed by atoms with Crippen LogP contribution in [0.5, 0.6) is 11.5 Å². The first-order valence-electron chi connectivity index (χ1n) is 6.75. The van der Waals surface area contributed by atoms with Crippen LogP contribution >= 0.6 is 15.9 Å². The number of amides is 1. The molecular weight excluding hydrogens is 391 g/mol. The van der Waals surface area contributed by atoms with Crippen molar-refractivity contribution in [1.82, 2.24) is 4.90 Å². The number of nitrogens with zero attached hydrogens (tertiary/aromatic N) is 1. The molecule has 24 heavy (non-hydrogen) atoms. The van der Waals surface area contributed by atoms with Crippen molar-refractivity contribution in [2.24, 2.45) is 0 Å². The molecule has 8 heteroatoms. The Labute approximate surface area is 144 Å². The highest BCUT2D eigenvalue weighted by molar-refractivity contribution is 9.10. The first kappa shape index (κ1) is 18.1. The Morgan fingerprint density at radius 2 is 1.92 bits per heavy atom. The molecule has 0 atom stereocenters. The molecule has 1 amide bonds. The second-order valence-corrected chi connectivity index (χ2v) is 5.89. The van der Waals surface area contributed by atoms with Gasteiger partial charge in [-0.25, -0.2) is 0 Å². The summed E-state index contributed by atoms with van der Waals surface area (Å²) in [5.74, 6) is -1.12. The summed E-state index contributed by atoms with van der Waals surface area (Å²) in [4.78, 5) is 13.6. The summed E-state index contributed by atoms with van der Waals surface area (Å²) in [5, 5.41) is 9.83. The number of aromatic hydroxyl groups is 1. The van der Waals surface area contributed by atoms with Crippen molar-refractivity contribution in [3.63, 3.8) is 0 Å². The average molecular weight is 404 g/mol. The molecule has 0 saturated heterocycles. The quantitative estimate of drug-likeness (QED) is 0.826. The fraction of sp³-hybridized carbons (Fsp3) is 0.188. The van der Waals surface area contributed by atoms with E-state index in [9.17, 15) is 23.1 Å². The Bertz CT molecular complexity index is 750. The molecule has 0 saturated carbocycles. The summed E-state index contributed by atoms with van der Waals surface area (Å²) in [6.45, 7) is -0.111. The van der Waals surface area contributed by atoms with Crippen molar-refractivity contribution in [3.05, 3.63) is 58.1 Å². The fourth-order valence-electron chi connectivity index (χ4n) is 2.08. The number of phenolic OH excluding ortho intramolecular Hbond substituents is 1. The molecule has 0 aromatic heterocycles. The highest BCUT2D eigenvalue weighted by Gasteiger charge is 2.32. The van der Waals surface area contributed by atoms with Crippen molar-refractivity contribution >= 4 is 21.8 Å². The number of hydrogen-bond donors (Lipinski definition) is 1. The second-order valence-electron chi connectivity index (χ2n) is 4.98. The van der Waals surface area contributed by atoms with Gasteiger partial charge < -0.3 is 14.7 Å². The number of rotatable bonds is 4. The van der Waals surface area contributed by atoms with Crippen LogP contribution in [0.4, 0.5) is 13.2 Å². The molecule has 2 aromatic carbocycles. The molecule has 4 nitrogen and oxygen atoms in total. The number of carbonyl (C=O) groups excluding carboxylic acids is 1. The van der Waals surface area contributed by atoms with Crippen LogP contribution < -0.4 is 4.74 Å². The van der Waals surface area contributed by atoms with Crippen LogP contribution in [0.3, 0.4) is 0 Å². The number of alkyl halides is 3. The van der Waals surface area contributed by atoms with Gasteiger partial charge in [0.05, 0.1) is 5.56 Å². The van der Waals surface area contributed by atoms with E-state index in [2.05, 4.69) is 20.7 Å². The Balaban J connectivity index is 2.20. The van der Waals surface area contributed by atoms with Crippen LogP contribution in [-0.2, 0) is 6.54 Å². The van der Waals surface area contributed by atoms with Crippen LogP contribution in [0.2, 0.25) is 0 Å². The van der Waals surface area contributed by atoms with Gasteiger partial charge in [-0.3, -0.25) is 4.79 Å². The average Bonchev–Trinajstić information content (AvgIpc) is 2.47. The van der Waals surface area contributed by atoms with Crippen LogP contribution in [0, 0.1) is 0 Å². The lowest BCUT2D eigenvalue weighted by Crippen LogP contribution is -2.27. The van der Waals surface area contributed by atoms with Gasteiger partial charge in [-0.2, -0.15) is 0 Å². The third-order valence-electron chi connectivity index (χ3n) is 3.14. The van der Waals surface area contributed by atoms with Gasteiger partial charge in [0.15, 0.2) is 0 Å². The Morgan fingerprint density at radius 3 is 2.54 bits per heavy atom. The lowest BCUT2D eigenvalue weighted by atomic mass is 10.1. The van der Waals surface area contributed by atoms with E-state index in [4.69, 9.17) is 0 Å². The third-order valence-corrected chi connectivity index (χ3v) is 3.64. The van der Waals surface area contributed by atoms with Gasteiger partial charge in [-0.1, -0.05) is 34.1 Å². The van der Waals surface area contributed by atoms with Crippen molar-refractivity contribution in [3.8, 4) is 11.5 Å². The zero-order chi connectivity index (χ0) is 17.9. The SMILES string of the molecule is CN(Cc1ccccc1OC(F)(F)F)C(=O)c1ccc(Br)cc1O. The van der Waals surface area contributed by atoms with E-state index in [-0.39, 0.29) is 29.2 Å². The van der Waals surface area contributed by atoms with Crippen LogP contribution in [-0.4, -0.2) is 29.3 Å². The number of hydrogen-bond acceptors (Lipinski definition) is 3. The number of ether oxygens (including phenoxy) is 1. The summed E-state index contributed by atoms with van der Waals surface area (Å²) < 4.78 is 41.9. The van der Waals surface area contributed by atoms with E-state index >= 15 is 0 Å². The predicted molar refractivity (Wildman–Crippen MR) is 84.7 cm³/mol. The molecule has 0 spiro atoms. The van der Waals surface area contributed by atoms with E-state index in [1.165, 1.54) is 42.3 Å². The van der Waals surface area contributed by atoms with Gasteiger partial charge in [-0.05, 0) is 24.3 Å². The molecule has 2 rings (SSSR count). The summed E-state index contributed by atoms with van der Waals surface area (Å²) in [5.41, 5.74) is 0.247. The molecule has 0 heterocycles. The smallest absolute Gasteiger partial charge is 0.507 e. The molecule has 0 fully saturated rings. The first-order chi connectivity index (χ1) is 11.2. The Kier molecular flexibility index (Phi) is 5.38. The standard InChI is InChI=1S/C16H13BrF3NO3/c1-21(15(23)12-7-6-11(17)8-13(12)22)9-10-4-2-3-5-14(10)24-16(18,19)20/h2-8,22H,9H2,1H3. The maximum absolute atomic E-state index is 12.4. The zero-order valence-corrected chi connectivity index (χ0v) is 14.1. The molecule has 0 aliphatic carbocycles. The molecule has 0 radical (unpaired) electrons. The number of benzene rings is 2. The lowest BCUT2D eigenvalue weighted by molar-refractivity contribution is -0.274. The monoisotopic (exact) mass is 403 g/mol. The Hall–Kier alpha value is -2.22. The number of halogens is 4. The van der Waals surface area contributed by atoms with Gasteiger partial charge in [0.1, 0.15) is 11.5 Å². The number of carbonyl (C=O) groups is 1. The van der Waals surface area contributed by atoms with E-state index in [1.807, 2.05) is 0 Å². The number of para-hydroxylation sites is 1. The van der Waals surface area contributed by atoms with Gasteiger partial charge in [-0.15, -0.1) is 13.2 Å². The summed E-state index contributed by atoms with van der Waals surface area (Å²) in [6.07, 6.45) is -4.82. The fourth-order valence-corrected chi connectivity index (χ4v) is 2.43. The minimum atomic E-state index is -4.82.